The van der Waals surface area contributed by atoms with Crippen LogP contribution in [-0.4, -0.2) is 4.98 Å². The van der Waals surface area contributed by atoms with Crippen LogP contribution in [0, 0.1) is 5.92 Å². The zero-order valence-corrected chi connectivity index (χ0v) is 13.2. The Labute approximate surface area is 117 Å². The molecule has 0 fully saturated rings. The first-order chi connectivity index (χ1) is 8.79. The molecule has 0 aliphatic rings. The lowest BCUT2D eigenvalue weighted by Crippen LogP contribution is -2.10. The van der Waals surface area contributed by atoms with Crippen LogP contribution in [-0.2, 0) is 5.41 Å². The fraction of sp³-hybridized carbons (Fsp3) is 0.556. The SMILES string of the molecule is CC(C)CC(C)c1c[nH]c2ccc(C(C)(C)C)cc12. The molecule has 19 heavy (non-hydrogen) atoms. The highest BCUT2D eigenvalue weighted by molar-refractivity contribution is 5.84. The molecule has 1 unspecified atom stereocenters. The maximum Gasteiger partial charge on any atom is 0.0457 e. The van der Waals surface area contributed by atoms with Gasteiger partial charge in [-0.05, 0) is 46.9 Å². The van der Waals surface area contributed by atoms with E-state index in [0.29, 0.717) is 5.92 Å². The number of aromatic amines is 1. The van der Waals surface area contributed by atoms with Gasteiger partial charge in [0.25, 0.3) is 0 Å². The molecule has 0 amide bonds. The van der Waals surface area contributed by atoms with Crippen molar-refractivity contribution in [1.82, 2.24) is 4.98 Å². The van der Waals surface area contributed by atoms with Crippen molar-refractivity contribution in [3.63, 3.8) is 0 Å². The molecule has 0 aliphatic heterocycles. The molecular formula is C18H27N. The average Bonchev–Trinajstić information content (AvgIpc) is 2.69. The molecular weight excluding hydrogens is 230 g/mol. The van der Waals surface area contributed by atoms with Crippen molar-refractivity contribution in [2.45, 2.75) is 59.3 Å². The van der Waals surface area contributed by atoms with E-state index in [1.807, 2.05) is 0 Å². The van der Waals surface area contributed by atoms with Gasteiger partial charge in [-0.25, -0.2) is 0 Å². The fourth-order valence-corrected chi connectivity index (χ4v) is 2.85. The van der Waals surface area contributed by atoms with Gasteiger partial charge in [0.1, 0.15) is 0 Å². The molecule has 0 spiro atoms. The molecule has 1 N–H and O–H groups in total. The maximum atomic E-state index is 3.42. The van der Waals surface area contributed by atoms with E-state index in [9.17, 15) is 0 Å². The Balaban J connectivity index is 2.45. The summed E-state index contributed by atoms with van der Waals surface area (Å²) < 4.78 is 0. The molecule has 0 saturated heterocycles. The largest absolute Gasteiger partial charge is 0.361 e. The number of nitrogens with one attached hydrogen (secondary N) is 1. The van der Waals surface area contributed by atoms with Crippen molar-refractivity contribution in [3.8, 4) is 0 Å². The first kappa shape index (κ1) is 14.2. The van der Waals surface area contributed by atoms with Crippen molar-refractivity contribution in [1.29, 1.82) is 0 Å². The van der Waals surface area contributed by atoms with Gasteiger partial charge >= 0.3 is 0 Å². The molecule has 2 rings (SSSR count). The predicted octanol–water partition coefficient (Wildman–Crippen LogP) is 5.62. The predicted molar refractivity (Wildman–Crippen MR) is 84.9 cm³/mol. The normalized spacial score (nSPS) is 14.3. The van der Waals surface area contributed by atoms with Gasteiger partial charge in [-0.2, -0.15) is 0 Å². The van der Waals surface area contributed by atoms with Gasteiger partial charge in [0.2, 0.25) is 0 Å². The Morgan fingerprint density at radius 3 is 2.37 bits per heavy atom. The van der Waals surface area contributed by atoms with Crippen LogP contribution in [0.3, 0.4) is 0 Å². The quantitative estimate of drug-likeness (QED) is 0.735. The fourth-order valence-electron chi connectivity index (χ4n) is 2.85. The zero-order chi connectivity index (χ0) is 14.2. The summed E-state index contributed by atoms with van der Waals surface area (Å²) in [5, 5.41) is 1.40. The van der Waals surface area contributed by atoms with Crippen LogP contribution in [0.15, 0.2) is 24.4 Å². The van der Waals surface area contributed by atoms with E-state index in [1.54, 1.807) is 0 Å². The molecule has 0 radical (unpaired) electrons. The molecule has 104 valence electrons. The highest BCUT2D eigenvalue weighted by Gasteiger charge is 2.17. The minimum Gasteiger partial charge on any atom is -0.361 e. The Hall–Kier alpha value is -1.24. The molecule has 2 aromatic rings. The van der Waals surface area contributed by atoms with E-state index in [4.69, 9.17) is 0 Å². The third-order valence-corrected chi connectivity index (χ3v) is 3.94. The van der Waals surface area contributed by atoms with Gasteiger partial charge in [-0.3, -0.25) is 0 Å². The highest BCUT2D eigenvalue weighted by atomic mass is 14.7. The molecule has 1 heterocycles. The third-order valence-electron chi connectivity index (χ3n) is 3.94. The van der Waals surface area contributed by atoms with Gasteiger partial charge in [-0.15, -0.1) is 0 Å². The van der Waals surface area contributed by atoms with Crippen LogP contribution in [0.25, 0.3) is 10.9 Å². The van der Waals surface area contributed by atoms with E-state index >= 15 is 0 Å². The summed E-state index contributed by atoms with van der Waals surface area (Å²) in [4.78, 5) is 3.42. The molecule has 0 aliphatic carbocycles. The van der Waals surface area contributed by atoms with Gasteiger partial charge in [-0.1, -0.05) is 47.6 Å². The summed E-state index contributed by atoms with van der Waals surface area (Å²) in [6.07, 6.45) is 3.44. The second-order valence-corrected chi connectivity index (χ2v) is 7.28. The Bertz CT molecular complexity index is 555. The first-order valence-corrected chi connectivity index (χ1v) is 7.40. The second kappa shape index (κ2) is 5.03. The number of H-pyrrole nitrogens is 1. The van der Waals surface area contributed by atoms with Crippen molar-refractivity contribution < 1.29 is 0 Å². The number of rotatable bonds is 3. The van der Waals surface area contributed by atoms with Crippen LogP contribution in [0.1, 0.15) is 65.0 Å². The molecule has 1 atom stereocenters. The summed E-state index contributed by atoms with van der Waals surface area (Å²) in [7, 11) is 0. The molecule has 1 aromatic carbocycles. The van der Waals surface area contributed by atoms with Crippen LogP contribution in [0.5, 0.6) is 0 Å². The summed E-state index contributed by atoms with van der Waals surface area (Å²) in [5.41, 5.74) is 4.36. The molecule has 1 aromatic heterocycles. The lowest BCUT2D eigenvalue weighted by Gasteiger charge is -2.20. The summed E-state index contributed by atoms with van der Waals surface area (Å²) in [6, 6.07) is 6.84. The Morgan fingerprint density at radius 2 is 1.79 bits per heavy atom. The minimum atomic E-state index is 0.212. The summed E-state index contributed by atoms with van der Waals surface area (Å²) in [5.74, 6) is 1.36. The lowest BCUT2D eigenvalue weighted by molar-refractivity contribution is 0.525. The van der Waals surface area contributed by atoms with Crippen LogP contribution >= 0.6 is 0 Å². The van der Waals surface area contributed by atoms with Crippen LogP contribution in [0.4, 0.5) is 0 Å². The molecule has 0 bridgehead atoms. The van der Waals surface area contributed by atoms with E-state index in [-0.39, 0.29) is 5.41 Å². The highest BCUT2D eigenvalue weighted by Crippen LogP contribution is 2.32. The van der Waals surface area contributed by atoms with Gasteiger partial charge in [0, 0.05) is 17.1 Å². The maximum absolute atomic E-state index is 3.42. The monoisotopic (exact) mass is 257 g/mol. The van der Waals surface area contributed by atoms with Gasteiger partial charge in [0.15, 0.2) is 0 Å². The molecule has 0 saturated carbocycles. The van der Waals surface area contributed by atoms with E-state index < -0.39 is 0 Å². The van der Waals surface area contributed by atoms with Crippen LogP contribution < -0.4 is 0 Å². The number of hydrogen-bond donors (Lipinski definition) is 1. The molecule has 1 nitrogen and oxygen atoms in total. The van der Waals surface area contributed by atoms with E-state index in [0.717, 1.165) is 5.92 Å². The smallest absolute Gasteiger partial charge is 0.0457 e. The average molecular weight is 257 g/mol. The van der Waals surface area contributed by atoms with Gasteiger partial charge in [0.05, 0.1) is 0 Å². The molecule has 1 heteroatoms. The standard InChI is InChI=1S/C18H27N/c1-12(2)9-13(3)16-11-19-17-8-7-14(10-15(16)17)18(4,5)6/h7-8,10-13,19H,9H2,1-6H3. The summed E-state index contributed by atoms with van der Waals surface area (Å²) in [6.45, 7) is 13.8. The van der Waals surface area contributed by atoms with E-state index in [1.165, 1.54) is 28.5 Å². The second-order valence-electron chi connectivity index (χ2n) is 7.28. The van der Waals surface area contributed by atoms with Crippen molar-refractivity contribution >= 4 is 10.9 Å². The first-order valence-electron chi connectivity index (χ1n) is 7.40. The van der Waals surface area contributed by atoms with E-state index in [2.05, 4.69) is 70.9 Å². The van der Waals surface area contributed by atoms with Crippen LogP contribution in [0.2, 0.25) is 0 Å². The summed E-state index contributed by atoms with van der Waals surface area (Å²) >= 11 is 0. The zero-order valence-electron chi connectivity index (χ0n) is 13.2. The van der Waals surface area contributed by atoms with Crippen molar-refractivity contribution in [2.24, 2.45) is 5.92 Å². The number of fused-ring (bicyclic) bond motifs is 1. The van der Waals surface area contributed by atoms with Crippen molar-refractivity contribution in [2.75, 3.05) is 0 Å². The number of aromatic nitrogens is 1. The Kier molecular flexibility index (Phi) is 3.75. The van der Waals surface area contributed by atoms with Crippen molar-refractivity contribution in [3.05, 3.63) is 35.5 Å². The minimum absolute atomic E-state index is 0.212. The number of hydrogen-bond acceptors (Lipinski definition) is 0. The topological polar surface area (TPSA) is 15.8 Å². The van der Waals surface area contributed by atoms with Gasteiger partial charge < -0.3 is 4.98 Å². The Morgan fingerprint density at radius 1 is 1.11 bits per heavy atom. The number of benzene rings is 1. The lowest BCUT2D eigenvalue weighted by atomic mass is 9.85. The third kappa shape index (κ3) is 3.02.